The van der Waals surface area contributed by atoms with Crippen LogP contribution in [0.5, 0.6) is 5.75 Å². The predicted octanol–water partition coefficient (Wildman–Crippen LogP) is 10.3. The summed E-state index contributed by atoms with van der Waals surface area (Å²) in [5, 5.41) is -0.434. The van der Waals surface area contributed by atoms with Crippen molar-refractivity contribution in [3.05, 3.63) is 117 Å². The molecule has 1 heterocycles. The third-order valence-electron chi connectivity index (χ3n) is 6.31. The molecule has 0 aliphatic heterocycles. The molecule has 0 saturated heterocycles. The molecule has 0 atom stereocenters. The molecule has 0 spiro atoms. The molecule has 5 aromatic rings. The molecule has 0 radical (unpaired) electrons. The van der Waals surface area contributed by atoms with Crippen LogP contribution in [0.4, 0.5) is 43.9 Å². The van der Waals surface area contributed by atoms with Crippen LogP contribution in [0.2, 0.25) is 0 Å². The minimum Gasteiger partial charge on any atom is -0.429 e. The summed E-state index contributed by atoms with van der Waals surface area (Å²) in [5.41, 5.74) is -2.76. The molecular weight excluding hydrogens is 612 g/mol. The highest BCUT2D eigenvalue weighted by atomic mass is 32.1. The van der Waals surface area contributed by atoms with Gasteiger partial charge < -0.3 is 4.74 Å². The van der Waals surface area contributed by atoms with E-state index in [9.17, 15) is 43.9 Å². The van der Waals surface area contributed by atoms with Crippen molar-refractivity contribution in [3.8, 4) is 16.9 Å². The number of thiazole rings is 1. The lowest BCUT2D eigenvalue weighted by molar-refractivity contribution is -0.189. The second-order valence-corrected chi connectivity index (χ2v) is 10.2. The van der Waals surface area contributed by atoms with Gasteiger partial charge in [0.25, 0.3) is 0 Å². The zero-order valence-electron chi connectivity index (χ0n) is 21.5. The molecule has 2 nitrogen and oxygen atoms in total. The molecule has 0 aliphatic rings. The van der Waals surface area contributed by atoms with E-state index < -0.39 is 85.7 Å². The van der Waals surface area contributed by atoms with Crippen LogP contribution in [0, 0.1) is 34.9 Å². The van der Waals surface area contributed by atoms with Crippen LogP contribution >= 0.6 is 11.3 Å². The molecule has 0 amide bonds. The minimum absolute atomic E-state index is 0.133. The number of ether oxygens (including phenoxy) is 1. The van der Waals surface area contributed by atoms with Gasteiger partial charge in [-0.2, -0.15) is 8.78 Å². The van der Waals surface area contributed by atoms with E-state index in [2.05, 4.69) is 9.72 Å². The predicted molar refractivity (Wildman–Crippen MR) is 141 cm³/mol. The molecule has 0 N–H and O–H groups in total. The Kier molecular flexibility index (Phi) is 7.95. The first-order chi connectivity index (χ1) is 20.3. The Morgan fingerprint density at radius 3 is 2.02 bits per heavy atom. The molecule has 1 aromatic heterocycles. The van der Waals surface area contributed by atoms with Gasteiger partial charge in [0.1, 0.15) is 28.8 Å². The Labute approximate surface area is 240 Å². The summed E-state index contributed by atoms with van der Waals surface area (Å²) >= 11 is 0.782. The average Bonchev–Trinajstić information content (AvgIpc) is 3.37. The standard InChI is InChI=1S/C30H15F10NOS/c1-2-13-3-6-23-24(7-13)43-29(41-23)28(38)26(36)15-10-19(32)25(20(33)11-15)30(39,40)42-16-4-5-17(18(31)12-16)14-8-21(34)27(37)22(35)9-14/h3-12H,2H2,1H3/b28-26+. The third kappa shape index (κ3) is 5.81. The average molecular weight is 628 g/mol. The molecule has 13 heteroatoms. The highest BCUT2D eigenvalue weighted by Crippen LogP contribution is 2.40. The number of fused-ring (bicyclic) bond motifs is 1. The van der Waals surface area contributed by atoms with Crippen molar-refractivity contribution in [1.29, 1.82) is 0 Å². The van der Waals surface area contributed by atoms with Crippen LogP contribution in [-0.4, -0.2) is 4.98 Å². The smallest absolute Gasteiger partial charge is 0.429 e. The van der Waals surface area contributed by atoms with Gasteiger partial charge in [0, 0.05) is 17.2 Å². The van der Waals surface area contributed by atoms with Crippen molar-refractivity contribution in [2.45, 2.75) is 19.5 Å². The summed E-state index contributed by atoms with van der Waals surface area (Å²) in [6.45, 7) is 1.89. The van der Waals surface area contributed by atoms with Gasteiger partial charge >= 0.3 is 6.11 Å². The minimum atomic E-state index is -4.79. The van der Waals surface area contributed by atoms with Gasteiger partial charge in [-0.25, -0.2) is 40.1 Å². The number of hydrogen-bond acceptors (Lipinski definition) is 3. The van der Waals surface area contributed by atoms with Crippen LogP contribution < -0.4 is 4.74 Å². The van der Waals surface area contributed by atoms with Crippen molar-refractivity contribution in [2.24, 2.45) is 0 Å². The summed E-state index contributed by atoms with van der Waals surface area (Å²) in [5.74, 6) is -14.7. The van der Waals surface area contributed by atoms with Crippen LogP contribution in [0.15, 0.2) is 60.7 Å². The molecule has 0 unspecified atom stereocenters. The van der Waals surface area contributed by atoms with Gasteiger partial charge in [-0.05, 0) is 66.1 Å². The Balaban J connectivity index is 1.43. The molecule has 5 rings (SSSR count). The molecule has 0 bridgehead atoms. The van der Waals surface area contributed by atoms with E-state index >= 15 is 0 Å². The Bertz CT molecular complexity index is 1870. The van der Waals surface area contributed by atoms with E-state index in [1.54, 1.807) is 18.2 Å². The number of benzene rings is 4. The number of alkyl halides is 2. The van der Waals surface area contributed by atoms with Crippen molar-refractivity contribution in [1.82, 2.24) is 4.98 Å². The van der Waals surface area contributed by atoms with Gasteiger partial charge in [-0.15, -0.1) is 11.3 Å². The number of rotatable bonds is 7. The van der Waals surface area contributed by atoms with Gasteiger partial charge in [0.2, 0.25) is 0 Å². The second kappa shape index (κ2) is 11.4. The molecule has 222 valence electrons. The van der Waals surface area contributed by atoms with Crippen LogP contribution in [0.1, 0.15) is 28.6 Å². The fourth-order valence-electron chi connectivity index (χ4n) is 4.18. The lowest BCUT2D eigenvalue weighted by Crippen LogP contribution is -2.25. The quantitative estimate of drug-likeness (QED) is 0.132. The number of aromatic nitrogens is 1. The van der Waals surface area contributed by atoms with Crippen molar-refractivity contribution in [3.63, 3.8) is 0 Å². The summed E-state index contributed by atoms with van der Waals surface area (Å²) in [6.07, 6.45) is -4.12. The molecule has 43 heavy (non-hydrogen) atoms. The SMILES string of the molecule is CCc1ccc2nc(/C(F)=C(\F)c3cc(F)c(C(F)(F)Oc4ccc(-c5cc(F)c(F)c(F)c5)c(F)c4)c(F)c3)sc2c1. The van der Waals surface area contributed by atoms with E-state index in [-0.39, 0.29) is 12.1 Å². The maximum Gasteiger partial charge on any atom is 0.432 e. The number of hydrogen-bond donors (Lipinski definition) is 0. The Hall–Kier alpha value is -4.39. The fourth-order valence-corrected chi connectivity index (χ4v) is 5.14. The van der Waals surface area contributed by atoms with E-state index in [0.29, 0.717) is 40.9 Å². The first kappa shape index (κ1) is 30.1. The largest absolute Gasteiger partial charge is 0.432 e. The lowest BCUT2D eigenvalue weighted by Gasteiger charge is -2.20. The lowest BCUT2D eigenvalue weighted by atomic mass is 10.0. The molecule has 0 fully saturated rings. The fraction of sp³-hybridized carbons (Fsp3) is 0.100. The zero-order valence-corrected chi connectivity index (χ0v) is 22.3. The summed E-state index contributed by atoms with van der Waals surface area (Å²) < 4.78 is 149. The van der Waals surface area contributed by atoms with Crippen molar-refractivity contribution < 1.29 is 48.6 Å². The van der Waals surface area contributed by atoms with Crippen LogP contribution in [-0.2, 0) is 12.5 Å². The maximum atomic E-state index is 14.9. The Morgan fingerprint density at radius 1 is 0.767 bits per heavy atom. The highest BCUT2D eigenvalue weighted by molar-refractivity contribution is 7.19. The maximum absolute atomic E-state index is 14.9. The van der Waals surface area contributed by atoms with Crippen LogP contribution in [0.25, 0.3) is 33.0 Å². The van der Waals surface area contributed by atoms with Crippen LogP contribution in [0.3, 0.4) is 0 Å². The zero-order chi connectivity index (χ0) is 31.2. The summed E-state index contributed by atoms with van der Waals surface area (Å²) in [6, 6.07) is 8.06. The second-order valence-electron chi connectivity index (χ2n) is 9.13. The molecule has 4 aromatic carbocycles. The normalized spacial score (nSPS) is 12.5. The number of aryl methyl sites for hydroxylation is 1. The van der Waals surface area contributed by atoms with E-state index in [1.807, 2.05) is 6.92 Å². The van der Waals surface area contributed by atoms with Crippen molar-refractivity contribution in [2.75, 3.05) is 0 Å². The topological polar surface area (TPSA) is 22.1 Å². The summed E-state index contributed by atoms with van der Waals surface area (Å²) in [4.78, 5) is 3.96. The van der Waals surface area contributed by atoms with Gasteiger partial charge in [0.15, 0.2) is 34.1 Å². The van der Waals surface area contributed by atoms with Gasteiger partial charge in [-0.1, -0.05) is 13.0 Å². The molecule has 0 aliphatic carbocycles. The van der Waals surface area contributed by atoms with E-state index in [4.69, 9.17) is 0 Å². The number of nitrogens with zero attached hydrogens (tertiary/aromatic N) is 1. The highest BCUT2D eigenvalue weighted by Gasteiger charge is 2.41. The van der Waals surface area contributed by atoms with Crippen molar-refractivity contribution >= 4 is 33.2 Å². The third-order valence-corrected chi connectivity index (χ3v) is 7.32. The number of halogens is 10. The monoisotopic (exact) mass is 627 g/mol. The summed E-state index contributed by atoms with van der Waals surface area (Å²) in [7, 11) is 0. The first-order valence-corrected chi connectivity index (χ1v) is 13.1. The molecular formula is C30H15F10NOS. The first-order valence-electron chi connectivity index (χ1n) is 12.2. The van der Waals surface area contributed by atoms with E-state index in [0.717, 1.165) is 23.0 Å². The van der Waals surface area contributed by atoms with E-state index in [1.165, 1.54) is 0 Å². The Morgan fingerprint density at radius 2 is 1.42 bits per heavy atom. The van der Waals surface area contributed by atoms with Gasteiger partial charge in [-0.3, -0.25) is 0 Å². The van der Waals surface area contributed by atoms with Gasteiger partial charge in [0.05, 0.1) is 10.2 Å². The molecule has 0 saturated carbocycles.